The number of nitrogens with zero attached hydrogens (tertiary/aromatic N) is 5. The zero-order valence-corrected chi connectivity index (χ0v) is 14.1. The van der Waals surface area contributed by atoms with Crippen LogP contribution in [0.1, 0.15) is 0 Å². The predicted molar refractivity (Wildman–Crippen MR) is 87.4 cm³/mol. The summed E-state index contributed by atoms with van der Waals surface area (Å²) in [6.07, 6.45) is -5.72. The molecule has 0 aliphatic rings. The molecule has 2 N–H and O–H groups in total. The van der Waals surface area contributed by atoms with Crippen molar-refractivity contribution in [3.05, 3.63) is 40.6 Å². The molecule has 0 bridgehead atoms. The number of nitrogens with one attached hydrogen (secondary N) is 1. The van der Waals surface area contributed by atoms with Gasteiger partial charge in [-0.25, -0.2) is 9.78 Å². The minimum atomic E-state index is -4.91. The number of ether oxygens (including phenoxy) is 1. The van der Waals surface area contributed by atoms with Crippen LogP contribution in [0.4, 0.5) is 35.3 Å². The highest BCUT2D eigenvalue weighted by Gasteiger charge is 2.31. The van der Waals surface area contributed by atoms with Crippen molar-refractivity contribution in [2.75, 3.05) is 10.4 Å². The molecule has 0 aliphatic heterocycles. The van der Waals surface area contributed by atoms with Crippen molar-refractivity contribution in [3.8, 4) is 11.2 Å². The first kappa shape index (κ1) is 20.5. The highest BCUT2D eigenvalue weighted by Crippen LogP contribution is 2.28. The number of amides is 1. The molecule has 0 fully saturated rings. The fraction of sp³-hybridized carbons (Fsp3) is 0.0769. The summed E-state index contributed by atoms with van der Waals surface area (Å²) in [5.74, 6) is -0.970. The first-order chi connectivity index (χ1) is 13.1. The third-order valence-corrected chi connectivity index (χ3v) is 3.39. The van der Waals surface area contributed by atoms with E-state index in [0.717, 1.165) is 30.5 Å². The van der Waals surface area contributed by atoms with Crippen LogP contribution in [0.2, 0.25) is 0 Å². The third kappa shape index (κ3) is 5.35. The summed E-state index contributed by atoms with van der Waals surface area (Å²) in [4.78, 5) is 28.8. The lowest BCUT2D eigenvalue weighted by atomic mass is 10.3. The smallest absolute Gasteiger partial charge is 0.463 e. The molecule has 2 rings (SSSR count). The number of nitro groups is 1. The van der Waals surface area contributed by atoms with Gasteiger partial charge in [0.05, 0.1) is 10.6 Å². The molecule has 15 heteroatoms. The average molecular weight is 416 g/mol. The number of aromatic nitrogens is 2. The van der Waals surface area contributed by atoms with Crippen LogP contribution in [-0.4, -0.2) is 32.5 Å². The van der Waals surface area contributed by atoms with E-state index < -0.39 is 34.8 Å². The SMILES string of the molecule is N#CSc1nc(NN(C(=O)O)c2ccc(OC(F)(F)F)cc2)ncc1[N+](=O)[O-]. The Kier molecular flexibility index (Phi) is 6.05. The van der Waals surface area contributed by atoms with E-state index in [0.29, 0.717) is 16.8 Å². The quantitative estimate of drug-likeness (QED) is 0.235. The topological polar surface area (TPSA) is 155 Å². The van der Waals surface area contributed by atoms with Gasteiger partial charge in [-0.15, -0.1) is 13.2 Å². The van der Waals surface area contributed by atoms with Gasteiger partial charge in [-0.05, 0) is 24.3 Å². The number of alkyl halides is 3. The number of thiocyanates is 1. The number of rotatable bonds is 6. The second kappa shape index (κ2) is 8.26. The molecule has 2 aromatic rings. The highest BCUT2D eigenvalue weighted by molar-refractivity contribution is 8.03. The molecule has 146 valence electrons. The van der Waals surface area contributed by atoms with Crippen molar-refractivity contribution in [1.82, 2.24) is 9.97 Å². The Labute approximate surface area is 157 Å². The zero-order valence-electron chi connectivity index (χ0n) is 13.2. The number of benzene rings is 1. The van der Waals surface area contributed by atoms with Gasteiger partial charge in [0.25, 0.3) is 0 Å². The zero-order chi connectivity index (χ0) is 20.9. The summed E-state index contributed by atoms with van der Waals surface area (Å²) in [6.45, 7) is 0. The highest BCUT2D eigenvalue weighted by atomic mass is 32.2. The summed E-state index contributed by atoms with van der Waals surface area (Å²) >= 11 is 0.367. The van der Waals surface area contributed by atoms with Crippen LogP contribution >= 0.6 is 11.8 Å². The largest absolute Gasteiger partial charge is 0.573 e. The summed E-state index contributed by atoms with van der Waals surface area (Å²) in [6, 6.07) is 3.79. The fourth-order valence-corrected chi connectivity index (χ4v) is 2.23. The molecule has 1 aromatic carbocycles. The predicted octanol–water partition coefficient (Wildman–Crippen LogP) is 3.37. The Bertz CT molecular complexity index is 934. The lowest BCUT2D eigenvalue weighted by Gasteiger charge is -2.20. The Balaban J connectivity index is 2.28. The Morgan fingerprint density at radius 1 is 1.39 bits per heavy atom. The van der Waals surface area contributed by atoms with E-state index >= 15 is 0 Å². The Morgan fingerprint density at radius 2 is 2.04 bits per heavy atom. The number of nitriles is 1. The number of carboxylic acid groups (broad SMARTS) is 1. The van der Waals surface area contributed by atoms with Gasteiger partial charge in [0.15, 0.2) is 5.03 Å². The van der Waals surface area contributed by atoms with E-state index in [2.05, 4.69) is 20.1 Å². The first-order valence-electron chi connectivity index (χ1n) is 6.83. The molecule has 11 nitrogen and oxygen atoms in total. The molecule has 1 amide bonds. The maximum Gasteiger partial charge on any atom is 0.573 e. The monoisotopic (exact) mass is 416 g/mol. The van der Waals surface area contributed by atoms with Crippen LogP contribution in [-0.2, 0) is 0 Å². The minimum Gasteiger partial charge on any atom is -0.463 e. The van der Waals surface area contributed by atoms with E-state index in [1.165, 1.54) is 0 Å². The standard InChI is InChI=1S/C13H7F3N6O5S/c14-13(15,16)27-8-3-1-7(2-4-8)21(12(23)24)20-11-18-5-9(22(25)26)10(19-11)28-6-17/h1-5H,(H,23,24)(H,18,19,20). The Hall–Kier alpha value is -3.80. The van der Waals surface area contributed by atoms with Crippen molar-refractivity contribution in [2.24, 2.45) is 0 Å². The minimum absolute atomic E-state index is 0.126. The second-order valence-electron chi connectivity index (χ2n) is 4.61. The molecule has 0 spiro atoms. The normalized spacial score (nSPS) is 10.6. The average Bonchev–Trinajstić information content (AvgIpc) is 2.59. The van der Waals surface area contributed by atoms with Gasteiger partial charge in [-0.2, -0.15) is 15.3 Å². The van der Waals surface area contributed by atoms with Gasteiger partial charge in [0.1, 0.15) is 17.3 Å². The van der Waals surface area contributed by atoms with Crippen LogP contribution in [0.3, 0.4) is 0 Å². The maximum atomic E-state index is 12.2. The van der Waals surface area contributed by atoms with E-state index in [-0.39, 0.29) is 10.7 Å². The van der Waals surface area contributed by atoms with Crippen LogP contribution in [0.15, 0.2) is 35.5 Å². The second-order valence-corrected chi connectivity index (χ2v) is 5.38. The van der Waals surface area contributed by atoms with Crippen LogP contribution < -0.4 is 15.2 Å². The number of halogens is 3. The molecule has 1 heterocycles. The van der Waals surface area contributed by atoms with Crippen LogP contribution in [0.5, 0.6) is 5.75 Å². The molecule has 0 unspecified atom stereocenters. The molecule has 1 aromatic heterocycles. The number of anilines is 2. The molecular weight excluding hydrogens is 409 g/mol. The maximum absolute atomic E-state index is 12.2. The molecule has 0 atom stereocenters. The van der Waals surface area contributed by atoms with E-state index in [4.69, 9.17) is 5.26 Å². The molecule has 28 heavy (non-hydrogen) atoms. The molecular formula is C13H7F3N6O5S. The van der Waals surface area contributed by atoms with Gasteiger partial charge in [-0.1, -0.05) is 0 Å². The van der Waals surface area contributed by atoms with Crippen molar-refractivity contribution in [3.63, 3.8) is 0 Å². The third-order valence-electron chi connectivity index (χ3n) is 2.81. The number of hydrogen-bond acceptors (Lipinski definition) is 9. The van der Waals surface area contributed by atoms with Crippen molar-refractivity contribution >= 4 is 35.2 Å². The number of carbonyl (C=O) groups is 1. The van der Waals surface area contributed by atoms with E-state index in [9.17, 15) is 33.2 Å². The molecule has 0 saturated carbocycles. The summed E-state index contributed by atoms with van der Waals surface area (Å²) in [7, 11) is 0. The summed E-state index contributed by atoms with van der Waals surface area (Å²) in [5, 5.41) is 30.6. The summed E-state index contributed by atoms with van der Waals surface area (Å²) in [5.41, 5.74) is 1.54. The summed E-state index contributed by atoms with van der Waals surface area (Å²) < 4.78 is 40.2. The Morgan fingerprint density at radius 3 is 2.54 bits per heavy atom. The van der Waals surface area contributed by atoms with Gasteiger partial charge in [0.2, 0.25) is 5.95 Å². The molecule has 0 saturated heterocycles. The number of thioether (sulfide) groups is 1. The number of hydrogen-bond donors (Lipinski definition) is 2. The fourth-order valence-electron chi connectivity index (χ4n) is 1.78. The van der Waals surface area contributed by atoms with Gasteiger partial charge in [-0.3, -0.25) is 15.5 Å². The lowest BCUT2D eigenvalue weighted by molar-refractivity contribution is -0.388. The molecule has 0 aliphatic carbocycles. The van der Waals surface area contributed by atoms with Crippen LogP contribution in [0, 0.1) is 20.8 Å². The molecule has 0 radical (unpaired) electrons. The van der Waals surface area contributed by atoms with Crippen molar-refractivity contribution in [1.29, 1.82) is 5.26 Å². The first-order valence-corrected chi connectivity index (χ1v) is 7.65. The van der Waals surface area contributed by atoms with Gasteiger partial charge >= 0.3 is 18.1 Å². The van der Waals surface area contributed by atoms with Crippen LogP contribution in [0.25, 0.3) is 0 Å². The number of hydrazine groups is 1. The van der Waals surface area contributed by atoms with Gasteiger partial charge < -0.3 is 9.84 Å². The lowest BCUT2D eigenvalue weighted by Crippen LogP contribution is -2.35. The van der Waals surface area contributed by atoms with E-state index in [1.54, 1.807) is 5.40 Å². The van der Waals surface area contributed by atoms with Crippen molar-refractivity contribution < 1.29 is 32.7 Å². The van der Waals surface area contributed by atoms with Gasteiger partial charge in [0, 0.05) is 11.8 Å². The van der Waals surface area contributed by atoms with Crippen molar-refractivity contribution in [2.45, 2.75) is 11.4 Å². The van der Waals surface area contributed by atoms with E-state index in [1.807, 2.05) is 0 Å².